The lowest BCUT2D eigenvalue weighted by atomic mass is 9.94. The van der Waals surface area contributed by atoms with E-state index in [1.807, 2.05) is 30.3 Å². The first-order valence-corrected chi connectivity index (χ1v) is 14.3. The number of benzene rings is 2. The predicted octanol–water partition coefficient (Wildman–Crippen LogP) is 3.79. The van der Waals surface area contributed by atoms with Crippen molar-refractivity contribution in [2.75, 3.05) is 49.6 Å². The number of nitriles is 1. The highest BCUT2D eigenvalue weighted by Crippen LogP contribution is 2.40. The van der Waals surface area contributed by atoms with E-state index in [9.17, 15) is 10.4 Å². The fraction of sp³-hybridized carbons (Fsp3) is 0.484. The number of rotatable bonds is 5. The van der Waals surface area contributed by atoms with Crippen molar-refractivity contribution in [3.8, 4) is 17.7 Å². The third-order valence-electron chi connectivity index (χ3n) is 9.22. The molecule has 0 saturated carbocycles. The molecule has 3 saturated heterocycles. The van der Waals surface area contributed by atoms with E-state index in [2.05, 4.69) is 39.2 Å². The van der Waals surface area contributed by atoms with Gasteiger partial charge in [-0.25, -0.2) is 0 Å². The van der Waals surface area contributed by atoms with Gasteiger partial charge < -0.3 is 29.9 Å². The molecule has 2 bridgehead atoms. The van der Waals surface area contributed by atoms with Crippen LogP contribution in [0.3, 0.4) is 0 Å². The van der Waals surface area contributed by atoms with Gasteiger partial charge in [0.1, 0.15) is 29.8 Å². The van der Waals surface area contributed by atoms with Crippen LogP contribution in [0.4, 0.5) is 11.5 Å². The first-order chi connectivity index (χ1) is 19.1. The van der Waals surface area contributed by atoms with Crippen LogP contribution in [0.25, 0.3) is 10.8 Å². The number of hydrogen-bond donors (Lipinski definition) is 2. The van der Waals surface area contributed by atoms with Gasteiger partial charge in [0.25, 0.3) is 0 Å². The second kappa shape index (κ2) is 9.89. The Morgan fingerprint density at radius 2 is 1.90 bits per heavy atom. The number of ether oxygens (including phenoxy) is 1. The molecule has 7 rings (SSSR count). The molecule has 0 radical (unpaired) electrons. The summed E-state index contributed by atoms with van der Waals surface area (Å²) < 4.78 is 6.40. The van der Waals surface area contributed by atoms with Gasteiger partial charge in [-0.05, 0) is 57.1 Å². The molecule has 8 nitrogen and oxygen atoms in total. The van der Waals surface area contributed by atoms with Crippen LogP contribution in [0, 0.1) is 11.3 Å². The fourth-order valence-electron chi connectivity index (χ4n) is 7.15. The number of aromatic hydroxyl groups is 1. The predicted molar refractivity (Wildman–Crippen MR) is 153 cm³/mol. The summed E-state index contributed by atoms with van der Waals surface area (Å²) >= 11 is 0. The third-order valence-corrected chi connectivity index (χ3v) is 9.22. The summed E-state index contributed by atoms with van der Waals surface area (Å²) in [5, 5.41) is 26.8. The van der Waals surface area contributed by atoms with Gasteiger partial charge in [-0.2, -0.15) is 10.2 Å². The highest BCUT2D eigenvalue weighted by molar-refractivity contribution is 5.95. The van der Waals surface area contributed by atoms with Gasteiger partial charge in [-0.1, -0.05) is 24.3 Å². The Kier molecular flexibility index (Phi) is 6.21. The highest BCUT2D eigenvalue weighted by atomic mass is 16.5. The lowest BCUT2D eigenvalue weighted by molar-refractivity contribution is 0.192. The van der Waals surface area contributed by atoms with Gasteiger partial charge in [-0.3, -0.25) is 0 Å². The molecule has 4 aliphatic rings. The molecule has 5 heterocycles. The fourth-order valence-corrected chi connectivity index (χ4v) is 7.15. The van der Waals surface area contributed by atoms with Crippen LogP contribution in [-0.2, 0) is 13.0 Å². The lowest BCUT2D eigenvalue weighted by Crippen LogP contribution is -2.52. The molecule has 0 aliphatic carbocycles. The Morgan fingerprint density at radius 1 is 1.08 bits per heavy atom. The number of phenols is 1. The van der Waals surface area contributed by atoms with E-state index in [1.165, 1.54) is 24.8 Å². The number of pyridine rings is 1. The van der Waals surface area contributed by atoms with E-state index in [4.69, 9.17) is 9.72 Å². The SMILES string of the molecule is CN1CCCC1COc1nc(N2CC3CCC(C2)N3)c2c(c1C#N)CN(c1cc(O)cc3ccccc13)CC2. The van der Waals surface area contributed by atoms with Crippen LogP contribution in [0.5, 0.6) is 11.6 Å². The van der Waals surface area contributed by atoms with E-state index in [1.54, 1.807) is 0 Å². The molecule has 1 aromatic heterocycles. The largest absolute Gasteiger partial charge is 0.508 e. The maximum absolute atomic E-state index is 10.5. The Bertz CT molecular complexity index is 1440. The van der Waals surface area contributed by atoms with Gasteiger partial charge >= 0.3 is 0 Å². The standard InChI is InChI=1S/C31H36N6O2/c1-35-11-4-6-23(35)19-39-31-27(15-32)28-18-36(29-14-24(38)13-20-5-2-3-7-25(20)29)12-10-26(28)30(34-31)37-16-21-8-9-22(17-37)33-21/h2-3,5,7,13-14,21-23,33,38H,4,6,8-12,16-19H2,1H3. The molecule has 3 unspecified atom stereocenters. The second-order valence-corrected chi connectivity index (χ2v) is 11.7. The minimum absolute atomic E-state index is 0.256. The number of fused-ring (bicyclic) bond motifs is 4. The number of hydrogen-bond acceptors (Lipinski definition) is 8. The van der Waals surface area contributed by atoms with E-state index >= 15 is 0 Å². The molecular formula is C31H36N6O2. The first kappa shape index (κ1) is 24.5. The number of likely N-dealkylation sites (N-methyl/N-ethyl adjacent to an activating group) is 1. The van der Waals surface area contributed by atoms with E-state index < -0.39 is 0 Å². The summed E-state index contributed by atoms with van der Waals surface area (Å²) in [6.07, 6.45) is 5.48. The maximum atomic E-state index is 10.5. The molecular weight excluding hydrogens is 488 g/mol. The number of aromatic nitrogens is 1. The van der Waals surface area contributed by atoms with Crippen molar-refractivity contribution < 1.29 is 9.84 Å². The zero-order valence-corrected chi connectivity index (χ0v) is 22.6. The van der Waals surface area contributed by atoms with Crippen LogP contribution in [0.1, 0.15) is 42.4 Å². The van der Waals surface area contributed by atoms with E-state index in [0.717, 1.165) is 66.9 Å². The number of anilines is 2. The lowest BCUT2D eigenvalue weighted by Gasteiger charge is -2.38. The van der Waals surface area contributed by atoms with Crippen LogP contribution in [0.2, 0.25) is 0 Å². The summed E-state index contributed by atoms with van der Waals surface area (Å²) in [5.74, 6) is 1.73. The summed E-state index contributed by atoms with van der Waals surface area (Å²) in [6, 6.07) is 15.6. The Morgan fingerprint density at radius 3 is 2.67 bits per heavy atom. The highest BCUT2D eigenvalue weighted by Gasteiger charge is 2.36. The average molecular weight is 525 g/mol. The van der Waals surface area contributed by atoms with Gasteiger partial charge in [0.2, 0.25) is 5.88 Å². The Labute approximate surface area is 229 Å². The van der Waals surface area contributed by atoms with Crippen molar-refractivity contribution >= 4 is 22.3 Å². The summed E-state index contributed by atoms with van der Waals surface area (Å²) in [5.41, 5.74) is 3.75. The number of likely N-dealkylation sites (tertiary alicyclic amines) is 1. The minimum Gasteiger partial charge on any atom is -0.508 e. The average Bonchev–Trinajstić information content (AvgIpc) is 3.53. The van der Waals surface area contributed by atoms with Crippen LogP contribution >= 0.6 is 0 Å². The topological polar surface area (TPSA) is 87.9 Å². The number of phenolic OH excluding ortho intramolecular Hbond substituents is 1. The van der Waals surface area contributed by atoms with Crippen molar-refractivity contribution in [3.63, 3.8) is 0 Å². The minimum atomic E-state index is 0.256. The van der Waals surface area contributed by atoms with Crippen molar-refractivity contribution in [3.05, 3.63) is 53.1 Å². The molecule has 4 aliphatic heterocycles. The molecule has 0 amide bonds. The van der Waals surface area contributed by atoms with Gasteiger partial charge in [-0.15, -0.1) is 0 Å². The van der Waals surface area contributed by atoms with Crippen molar-refractivity contribution in [1.82, 2.24) is 15.2 Å². The van der Waals surface area contributed by atoms with Crippen LogP contribution in [-0.4, -0.2) is 72.9 Å². The normalized spacial score (nSPS) is 24.7. The van der Waals surface area contributed by atoms with Crippen LogP contribution < -0.4 is 19.9 Å². The molecule has 2 N–H and O–H groups in total. The third kappa shape index (κ3) is 4.44. The van der Waals surface area contributed by atoms with E-state index in [-0.39, 0.29) is 5.75 Å². The monoisotopic (exact) mass is 524 g/mol. The van der Waals surface area contributed by atoms with Crippen molar-refractivity contribution in [1.29, 1.82) is 5.26 Å². The van der Waals surface area contributed by atoms with Gasteiger partial charge in [0, 0.05) is 72.6 Å². The maximum Gasteiger partial charge on any atom is 0.234 e. The molecule has 3 aromatic rings. The molecule has 8 heteroatoms. The van der Waals surface area contributed by atoms with Gasteiger partial charge in [0.15, 0.2) is 0 Å². The molecule has 39 heavy (non-hydrogen) atoms. The van der Waals surface area contributed by atoms with Crippen molar-refractivity contribution in [2.45, 2.75) is 56.8 Å². The number of nitrogens with one attached hydrogen (secondary N) is 1. The Hall–Kier alpha value is -3.54. The quantitative estimate of drug-likeness (QED) is 0.521. The molecule has 2 aromatic carbocycles. The second-order valence-electron chi connectivity index (χ2n) is 11.7. The summed E-state index contributed by atoms with van der Waals surface area (Å²) in [4.78, 5) is 12.2. The first-order valence-electron chi connectivity index (χ1n) is 14.3. The van der Waals surface area contributed by atoms with Crippen molar-refractivity contribution in [2.24, 2.45) is 0 Å². The summed E-state index contributed by atoms with van der Waals surface area (Å²) in [7, 11) is 2.14. The molecule has 202 valence electrons. The molecule has 3 fully saturated rings. The number of nitrogens with zero attached hydrogens (tertiary/aromatic N) is 5. The Balaban J connectivity index is 1.29. The molecule has 0 spiro atoms. The van der Waals surface area contributed by atoms with E-state index in [0.29, 0.717) is 42.7 Å². The van der Waals surface area contributed by atoms with Gasteiger partial charge in [0.05, 0.1) is 0 Å². The zero-order valence-electron chi connectivity index (χ0n) is 22.6. The smallest absolute Gasteiger partial charge is 0.234 e. The van der Waals surface area contributed by atoms with Crippen LogP contribution in [0.15, 0.2) is 36.4 Å². The zero-order chi connectivity index (χ0) is 26.5. The number of piperazine rings is 1. The molecule has 3 atom stereocenters. The summed E-state index contributed by atoms with van der Waals surface area (Å²) in [6.45, 7) is 4.88.